The summed E-state index contributed by atoms with van der Waals surface area (Å²) in [5.41, 5.74) is 8.80. The predicted octanol–water partition coefficient (Wildman–Crippen LogP) is 3.03. The number of likely N-dealkylation sites (tertiary alicyclic amines) is 2. The van der Waals surface area contributed by atoms with Crippen LogP contribution in [0.5, 0.6) is 5.75 Å². The van der Waals surface area contributed by atoms with Crippen molar-refractivity contribution in [3.63, 3.8) is 0 Å². The first-order chi connectivity index (χ1) is 23.4. The fourth-order valence-corrected chi connectivity index (χ4v) is 8.20. The maximum absolute atomic E-state index is 15.0. The lowest BCUT2D eigenvalue weighted by molar-refractivity contribution is -0.129. The molecule has 274 valence electrons. The summed E-state index contributed by atoms with van der Waals surface area (Å²) in [6.45, 7) is 6.71. The zero-order valence-corrected chi connectivity index (χ0v) is 29.0. The third kappa shape index (κ3) is 9.25. The molecule has 3 saturated carbocycles. The summed E-state index contributed by atoms with van der Waals surface area (Å²) < 4.78 is 35.6. The van der Waals surface area contributed by atoms with Crippen molar-refractivity contribution in [3.05, 3.63) is 52.5 Å². The third-order valence-electron chi connectivity index (χ3n) is 11.3. The number of nitrogens with two attached hydrogens (primary N) is 1. The van der Waals surface area contributed by atoms with Gasteiger partial charge in [0.15, 0.2) is 0 Å². The number of benzene rings is 1. The van der Waals surface area contributed by atoms with Gasteiger partial charge in [0.2, 0.25) is 5.91 Å². The second-order valence-corrected chi connectivity index (χ2v) is 15.0. The number of nitrogens with one attached hydrogen (secondary N) is 1. The van der Waals surface area contributed by atoms with Crippen LogP contribution >= 0.6 is 0 Å². The second kappa shape index (κ2) is 16.9. The molecule has 1 aromatic carbocycles. The topological polar surface area (TPSA) is 152 Å². The highest BCUT2D eigenvalue weighted by Crippen LogP contribution is 2.53. The molecule has 5 aliphatic rings. The molecule has 0 aromatic heterocycles. The number of halogens is 2. The highest BCUT2D eigenvalue weighted by Gasteiger charge is 2.43. The number of ether oxygens (including phenoxy) is 1. The molecule has 2 bridgehead atoms. The van der Waals surface area contributed by atoms with Gasteiger partial charge in [-0.25, -0.2) is 8.78 Å². The molecule has 1 aromatic rings. The third-order valence-corrected chi connectivity index (χ3v) is 11.3. The Morgan fingerprint density at radius 3 is 2.39 bits per heavy atom. The summed E-state index contributed by atoms with van der Waals surface area (Å²) in [6.07, 6.45) is 5.60. The Labute approximate surface area is 289 Å². The van der Waals surface area contributed by atoms with E-state index in [1.807, 2.05) is 0 Å². The summed E-state index contributed by atoms with van der Waals surface area (Å²) in [7, 11) is 0. The Bertz CT molecular complexity index is 1310. The second-order valence-electron chi connectivity index (χ2n) is 15.0. The number of carbonyl (C=O) groups is 1. The number of amides is 1. The van der Waals surface area contributed by atoms with Gasteiger partial charge in [0.05, 0.1) is 31.6 Å². The van der Waals surface area contributed by atoms with Crippen molar-refractivity contribution in [2.24, 2.45) is 35.3 Å². The van der Waals surface area contributed by atoms with E-state index in [4.69, 9.17) is 15.6 Å². The Balaban J connectivity index is 1.00. The van der Waals surface area contributed by atoms with Crippen molar-refractivity contribution >= 4 is 5.91 Å². The van der Waals surface area contributed by atoms with Gasteiger partial charge in [-0.2, -0.15) is 0 Å². The van der Waals surface area contributed by atoms with Gasteiger partial charge >= 0.3 is 0 Å². The van der Waals surface area contributed by atoms with Crippen molar-refractivity contribution in [2.75, 3.05) is 45.9 Å². The molecule has 1 amide bonds. The monoisotopic (exact) mass is 690 g/mol. The van der Waals surface area contributed by atoms with E-state index in [2.05, 4.69) is 17.1 Å². The van der Waals surface area contributed by atoms with Crippen molar-refractivity contribution in [3.8, 4) is 5.75 Å². The molecule has 2 unspecified atom stereocenters. The van der Waals surface area contributed by atoms with Gasteiger partial charge in [-0.3, -0.25) is 4.79 Å². The molecule has 5 fully saturated rings. The number of fused-ring (bicyclic) bond motifs is 2. The average molecular weight is 691 g/mol. The zero-order valence-electron chi connectivity index (χ0n) is 29.0. The van der Waals surface area contributed by atoms with E-state index >= 15 is 0 Å². The number of hydrogen-bond donors (Lipinski definition) is 6. The first-order valence-electron chi connectivity index (χ1n) is 18.1. The maximum atomic E-state index is 15.0. The van der Waals surface area contributed by atoms with Crippen LogP contribution in [0.1, 0.15) is 70.8 Å². The summed E-state index contributed by atoms with van der Waals surface area (Å²) in [5.74, 6) is 1.53. The molecule has 2 saturated heterocycles. The Morgan fingerprint density at radius 2 is 1.73 bits per heavy atom. The van der Waals surface area contributed by atoms with Crippen molar-refractivity contribution < 1.29 is 38.7 Å². The zero-order chi connectivity index (χ0) is 35.2. The Kier molecular flexibility index (Phi) is 12.8. The molecule has 10 nitrogen and oxygen atoms in total. The van der Waals surface area contributed by atoms with Gasteiger partial charge in [-0.1, -0.05) is 13.8 Å². The number of nitrogens with zero attached hydrogens (tertiary/aromatic N) is 2. The van der Waals surface area contributed by atoms with E-state index in [-0.39, 0.29) is 23.8 Å². The lowest BCUT2D eigenvalue weighted by atomic mass is 9.58. The van der Waals surface area contributed by atoms with Crippen LogP contribution in [-0.4, -0.2) is 100 Å². The van der Waals surface area contributed by atoms with Crippen LogP contribution < -0.4 is 15.8 Å². The largest absolute Gasteiger partial charge is 0.493 e. The summed E-state index contributed by atoms with van der Waals surface area (Å²) in [6, 6.07) is 2.31. The van der Waals surface area contributed by atoms with Gasteiger partial charge in [0.25, 0.3) is 0 Å². The summed E-state index contributed by atoms with van der Waals surface area (Å²) in [5, 5.41) is 41.6. The van der Waals surface area contributed by atoms with Gasteiger partial charge < -0.3 is 46.0 Å². The van der Waals surface area contributed by atoms with Crippen molar-refractivity contribution in [1.29, 1.82) is 0 Å². The molecule has 2 aliphatic heterocycles. The summed E-state index contributed by atoms with van der Waals surface area (Å²) >= 11 is 0. The van der Waals surface area contributed by atoms with Crippen LogP contribution in [0.2, 0.25) is 0 Å². The highest BCUT2D eigenvalue weighted by molar-refractivity contribution is 5.79. The first-order valence-corrected chi connectivity index (χ1v) is 18.1. The molecule has 12 heteroatoms. The fourth-order valence-electron chi connectivity index (χ4n) is 8.20. The minimum absolute atomic E-state index is 0.121. The lowest BCUT2D eigenvalue weighted by Gasteiger charge is -2.49. The standard InChI is InChI=1S/C37H56F2N4O6/c1-22-12-26-14-27(13-22)34(26)37(40)42-8-5-24(6-9-42)4-3-11-49-28-15-30(38)29(31(39)16-28)17-33(46)43-10-7-25(20-43)19-41-18-23(2)35(47)36(48)32(45)21-44/h15-16,19,22-24,26-27,32,35-36,41,44-45,47-48H,3-14,17-18,20-21,40H2,1-2H3/b25-19+,37-34?/t22?,23?,26-,27-,32+,35?,36+/m0/s1. The molecular formula is C37H56F2N4O6. The van der Waals surface area contributed by atoms with Crippen LogP contribution in [0.15, 0.2) is 35.3 Å². The molecule has 6 rings (SSSR count). The molecule has 6 atom stereocenters. The summed E-state index contributed by atoms with van der Waals surface area (Å²) in [4.78, 5) is 16.8. The molecular weight excluding hydrogens is 634 g/mol. The molecule has 0 radical (unpaired) electrons. The van der Waals surface area contributed by atoms with E-state index < -0.39 is 48.9 Å². The predicted molar refractivity (Wildman–Crippen MR) is 182 cm³/mol. The smallest absolute Gasteiger partial charge is 0.227 e. The molecule has 7 N–H and O–H groups in total. The minimum atomic E-state index is -1.47. The van der Waals surface area contributed by atoms with Gasteiger partial charge in [0, 0.05) is 56.3 Å². The first kappa shape index (κ1) is 37.3. The van der Waals surface area contributed by atoms with E-state index in [0.717, 1.165) is 68.2 Å². The lowest BCUT2D eigenvalue weighted by Crippen LogP contribution is -2.44. The number of carbonyl (C=O) groups excluding carboxylic acids is 1. The van der Waals surface area contributed by atoms with Crippen LogP contribution in [0.4, 0.5) is 8.78 Å². The van der Waals surface area contributed by atoms with Crippen LogP contribution in [0, 0.1) is 41.2 Å². The average Bonchev–Trinajstić information content (AvgIpc) is 3.56. The van der Waals surface area contributed by atoms with Gasteiger partial charge in [0.1, 0.15) is 29.6 Å². The van der Waals surface area contributed by atoms with Gasteiger partial charge in [-0.05, 0) is 92.4 Å². The van der Waals surface area contributed by atoms with Crippen LogP contribution in [0.25, 0.3) is 0 Å². The number of piperidine rings is 1. The van der Waals surface area contributed by atoms with Crippen molar-refractivity contribution in [2.45, 2.75) is 89.9 Å². The number of aliphatic hydroxyl groups is 4. The SMILES string of the molecule is CC1C[C@H]2C[C@H](C1)C2=C(N)N1CCC(CCCOc2cc(F)c(CC(=O)N3CC/C(=C\NCC(C)C(O)[C@H](O)[C@H](O)CO)C3)c(F)c2)CC1. The Hall–Kier alpha value is -2.93. The van der Waals surface area contributed by atoms with Crippen molar-refractivity contribution in [1.82, 2.24) is 15.1 Å². The number of rotatable bonds is 15. The number of aliphatic hydroxyl groups excluding tert-OH is 4. The normalized spacial score (nSPS) is 25.9. The number of allylic oxidation sites excluding steroid dienone is 1. The maximum Gasteiger partial charge on any atom is 0.227 e. The molecule has 49 heavy (non-hydrogen) atoms. The molecule has 2 heterocycles. The van der Waals surface area contributed by atoms with E-state index in [1.165, 1.54) is 24.8 Å². The molecule has 3 aliphatic carbocycles. The van der Waals surface area contributed by atoms with E-state index in [1.54, 1.807) is 18.0 Å². The van der Waals surface area contributed by atoms with Crippen LogP contribution in [0.3, 0.4) is 0 Å². The van der Waals surface area contributed by atoms with E-state index in [0.29, 0.717) is 43.9 Å². The van der Waals surface area contributed by atoms with E-state index in [9.17, 15) is 28.9 Å². The molecule has 0 spiro atoms. The highest BCUT2D eigenvalue weighted by atomic mass is 19.1. The minimum Gasteiger partial charge on any atom is -0.493 e. The number of hydrogen-bond acceptors (Lipinski definition) is 9. The quantitative estimate of drug-likeness (QED) is 0.153. The Morgan fingerprint density at radius 1 is 1.06 bits per heavy atom. The van der Waals surface area contributed by atoms with Crippen LogP contribution in [-0.2, 0) is 11.2 Å². The fraction of sp³-hybridized carbons (Fsp3) is 0.703. The van der Waals surface area contributed by atoms with Gasteiger partial charge in [-0.15, -0.1) is 0 Å².